The molecule has 0 atom stereocenters. The van der Waals surface area contributed by atoms with Crippen LogP contribution in [-0.4, -0.2) is 31.9 Å². The van der Waals surface area contributed by atoms with E-state index < -0.39 is 14.8 Å². The van der Waals surface area contributed by atoms with E-state index in [1.807, 2.05) is 0 Å². The van der Waals surface area contributed by atoms with E-state index in [4.69, 9.17) is 16.0 Å². The number of halogens is 1. The van der Waals surface area contributed by atoms with Gasteiger partial charge in [0.1, 0.15) is 21.4 Å². The minimum Gasteiger partial charge on any atom is -0.459 e. The highest BCUT2D eigenvalue weighted by Gasteiger charge is 2.18. The van der Waals surface area contributed by atoms with Crippen molar-refractivity contribution in [2.75, 3.05) is 18.6 Å². The Bertz CT molecular complexity index is 816. The SMILES string of the molecule is CS(=O)(=O)CCNCc1ccc(-c2ccc(Cl)cc2[N+](=O)[O-])o1. The zero-order valence-electron chi connectivity index (χ0n) is 12.3. The Morgan fingerprint density at radius 2 is 2.04 bits per heavy atom. The lowest BCUT2D eigenvalue weighted by atomic mass is 10.1. The molecule has 124 valence electrons. The quantitative estimate of drug-likeness (QED) is 0.463. The molecule has 0 saturated carbocycles. The predicted molar refractivity (Wildman–Crippen MR) is 87.2 cm³/mol. The van der Waals surface area contributed by atoms with Crippen LogP contribution in [0.3, 0.4) is 0 Å². The lowest BCUT2D eigenvalue weighted by Gasteiger charge is -2.02. The van der Waals surface area contributed by atoms with Gasteiger partial charge >= 0.3 is 0 Å². The molecule has 0 amide bonds. The van der Waals surface area contributed by atoms with Crippen molar-refractivity contribution in [3.8, 4) is 11.3 Å². The smallest absolute Gasteiger partial charge is 0.281 e. The number of nitrogens with one attached hydrogen (secondary N) is 1. The molecule has 1 aromatic carbocycles. The Labute approximate surface area is 138 Å². The highest BCUT2D eigenvalue weighted by Crippen LogP contribution is 2.33. The first-order valence-corrected chi connectivity index (χ1v) is 9.11. The van der Waals surface area contributed by atoms with Gasteiger partial charge in [-0.15, -0.1) is 0 Å². The Morgan fingerprint density at radius 1 is 1.30 bits per heavy atom. The van der Waals surface area contributed by atoms with Gasteiger partial charge in [0.2, 0.25) is 0 Å². The summed E-state index contributed by atoms with van der Waals surface area (Å²) in [7, 11) is -3.02. The summed E-state index contributed by atoms with van der Waals surface area (Å²) in [4.78, 5) is 10.6. The van der Waals surface area contributed by atoms with Crippen LogP contribution in [0.15, 0.2) is 34.7 Å². The standard InChI is InChI=1S/C14H15ClN2O5S/c1-23(20,21)7-6-16-9-11-3-5-14(22-11)12-4-2-10(15)8-13(12)17(18)19/h2-5,8,16H,6-7,9H2,1H3. The minimum absolute atomic E-state index is 0.0310. The van der Waals surface area contributed by atoms with Crippen LogP contribution in [0.25, 0.3) is 11.3 Å². The van der Waals surface area contributed by atoms with Crippen molar-refractivity contribution in [2.24, 2.45) is 0 Å². The molecule has 0 bridgehead atoms. The summed E-state index contributed by atoms with van der Waals surface area (Å²) in [6.45, 7) is 0.632. The van der Waals surface area contributed by atoms with Gasteiger partial charge in [0.05, 0.1) is 22.8 Å². The molecule has 0 radical (unpaired) electrons. The summed E-state index contributed by atoms with van der Waals surface area (Å²) in [5, 5.41) is 14.3. The Hall–Kier alpha value is -1.90. The number of rotatable bonds is 7. The number of benzene rings is 1. The van der Waals surface area contributed by atoms with Crippen LogP contribution >= 0.6 is 11.6 Å². The molecule has 1 aromatic heterocycles. The highest BCUT2D eigenvalue weighted by molar-refractivity contribution is 7.90. The van der Waals surface area contributed by atoms with E-state index in [1.54, 1.807) is 18.2 Å². The molecule has 0 unspecified atom stereocenters. The maximum atomic E-state index is 11.1. The number of hydrogen-bond acceptors (Lipinski definition) is 6. The normalized spacial score (nSPS) is 11.6. The third-order valence-electron chi connectivity index (χ3n) is 3.03. The molecule has 0 aliphatic carbocycles. The van der Waals surface area contributed by atoms with Crippen LogP contribution in [0.4, 0.5) is 5.69 Å². The van der Waals surface area contributed by atoms with Crippen molar-refractivity contribution in [1.29, 1.82) is 0 Å². The topological polar surface area (TPSA) is 102 Å². The number of hydrogen-bond donors (Lipinski definition) is 1. The van der Waals surface area contributed by atoms with Gasteiger partial charge in [0.25, 0.3) is 5.69 Å². The zero-order chi connectivity index (χ0) is 17.0. The molecule has 0 fully saturated rings. The van der Waals surface area contributed by atoms with Gasteiger partial charge in [0.15, 0.2) is 0 Å². The van der Waals surface area contributed by atoms with Crippen molar-refractivity contribution in [3.63, 3.8) is 0 Å². The van der Waals surface area contributed by atoms with Gasteiger partial charge in [-0.05, 0) is 24.3 Å². The number of furan rings is 1. The summed E-state index contributed by atoms with van der Waals surface area (Å²) in [5.41, 5.74) is 0.199. The largest absolute Gasteiger partial charge is 0.459 e. The molecule has 1 N–H and O–H groups in total. The fourth-order valence-corrected chi connectivity index (χ4v) is 2.63. The molecular weight excluding hydrogens is 344 g/mol. The van der Waals surface area contributed by atoms with Crippen LogP contribution in [-0.2, 0) is 16.4 Å². The summed E-state index contributed by atoms with van der Waals surface area (Å²) in [5.74, 6) is 0.939. The van der Waals surface area contributed by atoms with Crippen molar-refractivity contribution in [3.05, 3.63) is 51.2 Å². The van der Waals surface area contributed by atoms with Gasteiger partial charge in [-0.3, -0.25) is 10.1 Å². The van der Waals surface area contributed by atoms with Crippen molar-refractivity contribution >= 4 is 27.1 Å². The minimum atomic E-state index is -3.02. The lowest BCUT2D eigenvalue weighted by Crippen LogP contribution is -2.21. The van der Waals surface area contributed by atoms with Crippen LogP contribution < -0.4 is 5.32 Å². The first kappa shape index (κ1) is 17.5. The molecule has 0 aliphatic heterocycles. The summed E-state index contributed by atoms with van der Waals surface area (Å²) < 4.78 is 27.6. The van der Waals surface area contributed by atoms with E-state index in [0.29, 0.717) is 30.2 Å². The van der Waals surface area contributed by atoms with Gasteiger partial charge in [-0.2, -0.15) is 0 Å². The third kappa shape index (κ3) is 5.05. The number of nitro benzene ring substituents is 1. The Balaban J connectivity index is 2.09. The van der Waals surface area contributed by atoms with E-state index in [9.17, 15) is 18.5 Å². The molecule has 9 heteroatoms. The average Bonchev–Trinajstić information content (AvgIpc) is 2.91. The number of nitro groups is 1. The van der Waals surface area contributed by atoms with E-state index in [-0.39, 0.29) is 16.5 Å². The second-order valence-corrected chi connectivity index (χ2v) is 7.69. The second-order valence-electron chi connectivity index (χ2n) is 4.99. The molecule has 0 aliphatic rings. The van der Waals surface area contributed by atoms with Crippen LogP contribution in [0, 0.1) is 10.1 Å². The maximum Gasteiger partial charge on any atom is 0.281 e. The summed E-state index contributed by atoms with van der Waals surface area (Å²) >= 11 is 5.78. The molecule has 1 heterocycles. The van der Waals surface area contributed by atoms with Crippen molar-refractivity contribution in [1.82, 2.24) is 5.32 Å². The average molecular weight is 359 g/mol. The third-order valence-corrected chi connectivity index (χ3v) is 4.21. The fourth-order valence-electron chi connectivity index (χ4n) is 1.95. The van der Waals surface area contributed by atoms with Crippen LogP contribution in [0.1, 0.15) is 5.76 Å². The summed E-state index contributed by atoms with van der Waals surface area (Å²) in [6.07, 6.45) is 1.17. The van der Waals surface area contributed by atoms with Crippen LogP contribution in [0.5, 0.6) is 0 Å². The molecular formula is C14H15ClN2O5S. The Kier molecular flexibility index (Phi) is 5.40. The predicted octanol–water partition coefficient (Wildman–Crippen LogP) is 2.64. The van der Waals surface area contributed by atoms with Crippen molar-refractivity contribution in [2.45, 2.75) is 6.54 Å². The zero-order valence-corrected chi connectivity index (χ0v) is 13.9. The van der Waals surface area contributed by atoms with E-state index in [1.165, 1.54) is 18.4 Å². The molecule has 0 spiro atoms. The fraction of sp³-hybridized carbons (Fsp3) is 0.286. The number of nitrogens with zero attached hydrogens (tertiary/aromatic N) is 1. The molecule has 2 rings (SSSR count). The summed E-state index contributed by atoms with van der Waals surface area (Å²) in [6, 6.07) is 7.66. The molecule has 23 heavy (non-hydrogen) atoms. The number of sulfone groups is 1. The van der Waals surface area contributed by atoms with Crippen molar-refractivity contribution < 1.29 is 17.8 Å². The molecule has 0 saturated heterocycles. The van der Waals surface area contributed by atoms with E-state index >= 15 is 0 Å². The van der Waals surface area contributed by atoms with Gasteiger partial charge in [-0.1, -0.05) is 11.6 Å². The highest BCUT2D eigenvalue weighted by atomic mass is 35.5. The van der Waals surface area contributed by atoms with Gasteiger partial charge in [-0.25, -0.2) is 8.42 Å². The lowest BCUT2D eigenvalue weighted by molar-refractivity contribution is -0.384. The maximum absolute atomic E-state index is 11.1. The van der Waals surface area contributed by atoms with Gasteiger partial charge in [0, 0.05) is 23.9 Å². The Morgan fingerprint density at radius 3 is 2.70 bits per heavy atom. The molecule has 7 nitrogen and oxygen atoms in total. The first-order chi connectivity index (χ1) is 10.8. The van der Waals surface area contributed by atoms with Gasteiger partial charge < -0.3 is 9.73 Å². The second kappa shape index (κ2) is 7.12. The monoisotopic (exact) mass is 358 g/mol. The first-order valence-electron chi connectivity index (χ1n) is 6.68. The van der Waals surface area contributed by atoms with E-state index in [0.717, 1.165) is 0 Å². The van der Waals surface area contributed by atoms with E-state index in [2.05, 4.69) is 5.32 Å². The molecule has 2 aromatic rings. The van der Waals surface area contributed by atoms with Crippen LogP contribution in [0.2, 0.25) is 5.02 Å².